The maximum atomic E-state index is 6.22. The van der Waals surface area contributed by atoms with E-state index in [0.717, 1.165) is 31.4 Å². The van der Waals surface area contributed by atoms with Crippen LogP contribution in [0.2, 0.25) is 0 Å². The third kappa shape index (κ3) is 3.87. The molecule has 116 valence electrons. The van der Waals surface area contributed by atoms with Gasteiger partial charge in [0.25, 0.3) is 0 Å². The maximum Gasteiger partial charge on any atom is 0.0949 e. The van der Waals surface area contributed by atoms with Gasteiger partial charge in [0.15, 0.2) is 0 Å². The molecule has 21 heavy (non-hydrogen) atoms. The Morgan fingerprint density at radius 1 is 1.14 bits per heavy atom. The molecule has 1 aliphatic heterocycles. The van der Waals surface area contributed by atoms with Gasteiger partial charge in [0.2, 0.25) is 0 Å². The summed E-state index contributed by atoms with van der Waals surface area (Å²) in [5, 5.41) is 3.75. The van der Waals surface area contributed by atoms with Crippen molar-refractivity contribution in [3.8, 4) is 0 Å². The van der Waals surface area contributed by atoms with Crippen molar-refractivity contribution in [1.29, 1.82) is 0 Å². The van der Waals surface area contributed by atoms with Crippen LogP contribution in [0.25, 0.3) is 0 Å². The highest BCUT2D eigenvalue weighted by Gasteiger charge is 2.29. The van der Waals surface area contributed by atoms with Gasteiger partial charge in [0.1, 0.15) is 0 Å². The Morgan fingerprint density at radius 3 is 2.67 bits per heavy atom. The number of benzene rings is 1. The molecule has 1 aromatic rings. The normalized spacial score (nSPS) is 30.0. The standard InChI is InChI=1S/C19H29NO/c1-14(2)11-15-7-9-16(10-8-15)19-12-20-18-6-4-3-5-17(18)13-21-19/h7-10,14,17-20H,3-6,11-13H2,1-2H3. The third-order valence-electron chi connectivity index (χ3n) is 4.98. The van der Waals surface area contributed by atoms with Gasteiger partial charge in [-0.05, 0) is 42.2 Å². The first-order chi connectivity index (χ1) is 10.2. The van der Waals surface area contributed by atoms with Crippen molar-refractivity contribution in [2.24, 2.45) is 11.8 Å². The van der Waals surface area contributed by atoms with Gasteiger partial charge < -0.3 is 10.1 Å². The molecule has 2 aliphatic rings. The summed E-state index contributed by atoms with van der Waals surface area (Å²) in [7, 11) is 0. The highest BCUT2D eigenvalue weighted by atomic mass is 16.5. The molecule has 3 atom stereocenters. The van der Waals surface area contributed by atoms with Crippen LogP contribution in [0.15, 0.2) is 24.3 Å². The van der Waals surface area contributed by atoms with Crippen LogP contribution in [0.5, 0.6) is 0 Å². The lowest BCUT2D eigenvalue weighted by Crippen LogP contribution is -2.38. The van der Waals surface area contributed by atoms with Crippen LogP contribution >= 0.6 is 0 Å². The molecule has 1 aromatic carbocycles. The zero-order valence-corrected chi connectivity index (χ0v) is 13.5. The van der Waals surface area contributed by atoms with E-state index in [1.165, 1.54) is 36.8 Å². The van der Waals surface area contributed by atoms with E-state index in [1.807, 2.05) is 0 Å². The minimum Gasteiger partial charge on any atom is -0.372 e. The van der Waals surface area contributed by atoms with Crippen molar-refractivity contribution in [3.05, 3.63) is 35.4 Å². The van der Waals surface area contributed by atoms with Gasteiger partial charge >= 0.3 is 0 Å². The zero-order valence-electron chi connectivity index (χ0n) is 13.5. The Labute approximate surface area is 129 Å². The second kappa shape index (κ2) is 6.93. The molecule has 0 bridgehead atoms. The van der Waals surface area contributed by atoms with E-state index in [4.69, 9.17) is 4.74 Å². The first-order valence-corrected chi connectivity index (χ1v) is 8.66. The molecule has 1 saturated heterocycles. The minimum atomic E-state index is 0.226. The van der Waals surface area contributed by atoms with Gasteiger partial charge in [-0.2, -0.15) is 0 Å². The molecule has 2 fully saturated rings. The lowest BCUT2D eigenvalue weighted by atomic mass is 9.85. The topological polar surface area (TPSA) is 21.3 Å². The first kappa shape index (κ1) is 15.1. The molecule has 1 N–H and O–H groups in total. The SMILES string of the molecule is CC(C)Cc1ccc(C2CNC3CCCCC3CO2)cc1. The number of hydrogen-bond donors (Lipinski definition) is 1. The van der Waals surface area contributed by atoms with E-state index in [9.17, 15) is 0 Å². The molecule has 1 saturated carbocycles. The molecule has 2 nitrogen and oxygen atoms in total. The van der Waals surface area contributed by atoms with Gasteiger partial charge in [-0.15, -0.1) is 0 Å². The molecular weight excluding hydrogens is 258 g/mol. The third-order valence-corrected chi connectivity index (χ3v) is 4.98. The maximum absolute atomic E-state index is 6.22. The molecule has 1 aliphatic carbocycles. The Morgan fingerprint density at radius 2 is 1.90 bits per heavy atom. The zero-order chi connectivity index (χ0) is 14.7. The van der Waals surface area contributed by atoms with E-state index in [-0.39, 0.29) is 6.10 Å². The van der Waals surface area contributed by atoms with E-state index < -0.39 is 0 Å². The molecular formula is C19H29NO. The fourth-order valence-electron chi connectivity index (χ4n) is 3.79. The average molecular weight is 287 g/mol. The summed E-state index contributed by atoms with van der Waals surface area (Å²) in [5.74, 6) is 1.44. The smallest absolute Gasteiger partial charge is 0.0949 e. The highest BCUT2D eigenvalue weighted by molar-refractivity contribution is 5.25. The number of ether oxygens (including phenoxy) is 1. The van der Waals surface area contributed by atoms with Gasteiger partial charge in [0, 0.05) is 12.6 Å². The fourth-order valence-corrected chi connectivity index (χ4v) is 3.79. The van der Waals surface area contributed by atoms with E-state index in [1.54, 1.807) is 0 Å². The molecule has 3 unspecified atom stereocenters. The molecule has 3 rings (SSSR count). The fraction of sp³-hybridized carbons (Fsp3) is 0.684. The molecule has 0 radical (unpaired) electrons. The van der Waals surface area contributed by atoms with Crippen LogP contribution in [-0.4, -0.2) is 19.2 Å². The van der Waals surface area contributed by atoms with Crippen LogP contribution < -0.4 is 5.32 Å². The van der Waals surface area contributed by atoms with Gasteiger partial charge in [-0.25, -0.2) is 0 Å². The van der Waals surface area contributed by atoms with Crippen LogP contribution in [0.1, 0.15) is 56.8 Å². The monoisotopic (exact) mass is 287 g/mol. The van der Waals surface area contributed by atoms with Crippen molar-refractivity contribution < 1.29 is 4.74 Å². The Balaban J connectivity index is 1.63. The van der Waals surface area contributed by atoms with E-state index in [2.05, 4.69) is 43.4 Å². The quantitative estimate of drug-likeness (QED) is 0.903. The van der Waals surface area contributed by atoms with Crippen molar-refractivity contribution >= 4 is 0 Å². The van der Waals surface area contributed by atoms with Crippen molar-refractivity contribution in [2.75, 3.05) is 13.2 Å². The minimum absolute atomic E-state index is 0.226. The predicted octanol–water partition coefficient (Wildman–Crippen LogP) is 4.10. The van der Waals surface area contributed by atoms with Crippen molar-refractivity contribution in [2.45, 2.75) is 58.1 Å². The second-order valence-corrected chi connectivity index (χ2v) is 7.22. The van der Waals surface area contributed by atoms with Gasteiger partial charge in [-0.1, -0.05) is 51.0 Å². The lowest BCUT2D eigenvalue weighted by Gasteiger charge is -2.29. The molecule has 0 aromatic heterocycles. The van der Waals surface area contributed by atoms with Crippen LogP contribution in [0.3, 0.4) is 0 Å². The summed E-state index contributed by atoms with van der Waals surface area (Å²) in [4.78, 5) is 0. The predicted molar refractivity (Wildman–Crippen MR) is 87.4 cm³/mol. The van der Waals surface area contributed by atoms with Crippen LogP contribution in [-0.2, 0) is 11.2 Å². The second-order valence-electron chi connectivity index (χ2n) is 7.22. The lowest BCUT2D eigenvalue weighted by molar-refractivity contribution is 0.0401. The summed E-state index contributed by atoms with van der Waals surface area (Å²) >= 11 is 0. The van der Waals surface area contributed by atoms with E-state index in [0.29, 0.717) is 6.04 Å². The molecule has 0 spiro atoms. The van der Waals surface area contributed by atoms with Crippen molar-refractivity contribution in [3.63, 3.8) is 0 Å². The molecule has 2 heteroatoms. The highest BCUT2D eigenvalue weighted by Crippen LogP contribution is 2.30. The summed E-state index contributed by atoms with van der Waals surface area (Å²) in [6, 6.07) is 9.76. The summed E-state index contributed by atoms with van der Waals surface area (Å²) in [6.45, 7) is 6.43. The average Bonchev–Trinajstić information content (AvgIpc) is 2.70. The van der Waals surface area contributed by atoms with Crippen molar-refractivity contribution in [1.82, 2.24) is 5.32 Å². The summed E-state index contributed by atoms with van der Waals surface area (Å²) in [6.07, 6.45) is 6.80. The van der Waals surface area contributed by atoms with Gasteiger partial charge in [-0.3, -0.25) is 0 Å². The Bertz CT molecular complexity index is 423. The van der Waals surface area contributed by atoms with Crippen LogP contribution in [0.4, 0.5) is 0 Å². The first-order valence-electron chi connectivity index (χ1n) is 8.66. The largest absolute Gasteiger partial charge is 0.372 e. The number of nitrogens with one attached hydrogen (secondary N) is 1. The van der Waals surface area contributed by atoms with Crippen LogP contribution in [0, 0.1) is 11.8 Å². The number of fused-ring (bicyclic) bond motifs is 1. The number of hydrogen-bond acceptors (Lipinski definition) is 2. The molecule has 1 heterocycles. The Hall–Kier alpha value is -0.860. The molecule has 0 amide bonds. The Kier molecular flexibility index (Phi) is 4.97. The summed E-state index contributed by atoms with van der Waals surface area (Å²) in [5.41, 5.74) is 2.76. The summed E-state index contributed by atoms with van der Waals surface area (Å²) < 4.78 is 6.22. The number of rotatable bonds is 3. The van der Waals surface area contributed by atoms with E-state index >= 15 is 0 Å². The van der Waals surface area contributed by atoms with Gasteiger partial charge in [0.05, 0.1) is 12.7 Å².